The predicted molar refractivity (Wildman–Crippen MR) is 71.3 cm³/mol. The lowest BCUT2D eigenvalue weighted by molar-refractivity contribution is 0.0690. The molecule has 0 radical (unpaired) electrons. The van der Waals surface area contributed by atoms with E-state index < -0.39 is 5.97 Å². The molecule has 0 saturated heterocycles. The van der Waals surface area contributed by atoms with Crippen LogP contribution in [-0.4, -0.2) is 43.5 Å². The summed E-state index contributed by atoms with van der Waals surface area (Å²) in [6.07, 6.45) is 2.82. The standard InChI is InChI=1S/C11H10BrN5O3/c12-7-2-1-3-13-9(7)10(18)14-4-5-17-6-8(11(19)20)15-16-17/h1-3,6H,4-5H2,(H,14,18)(H,19,20). The molecule has 0 aromatic carbocycles. The molecule has 2 N–H and O–H groups in total. The molecule has 0 saturated carbocycles. The van der Waals surface area contributed by atoms with Crippen molar-refractivity contribution in [2.45, 2.75) is 6.54 Å². The van der Waals surface area contributed by atoms with Crippen molar-refractivity contribution >= 4 is 27.8 Å². The number of aromatic nitrogens is 4. The van der Waals surface area contributed by atoms with E-state index in [1.54, 1.807) is 12.1 Å². The Bertz CT molecular complexity index is 642. The second-order valence-corrected chi connectivity index (χ2v) is 4.62. The van der Waals surface area contributed by atoms with Crippen molar-refractivity contribution in [3.63, 3.8) is 0 Å². The lowest BCUT2D eigenvalue weighted by Crippen LogP contribution is -2.28. The average molecular weight is 340 g/mol. The van der Waals surface area contributed by atoms with Gasteiger partial charge in [-0.05, 0) is 28.1 Å². The Morgan fingerprint density at radius 1 is 1.45 bits per heavy atom. The van der Waals surface area contributed by atoms with E-state index in [4.69, 9.17) is 5.11 Å². The minimum atomic E-state index is -1.14. The summed E-state index contributed by atoms with van der Waals surface area (Å²) in [6, 6.07) is 3.43. The van der Waals surface area contributed by atoms with Gasteiger partial charge in [-0.1, -0.05) is 5.21 Å². The molecular weight excluding hydrogens is 330 g/mol. The van der Waals surface area contributed by atoms with Gasteiger partial charge in [-0.25, -0.2) is 14.5 Å². The Labute approximate surface area is 121 Å². The smallest absolute Gasteiger partial charge is 0.358 e. The van der Waals surface area contributed by atoms with Gasteiger partial charge >= 0.3 is 5.97 Å². The van der Waals surface area contributed by atoms with Gasteiger partial charge in [0, 0.05) is 17.2 Å². The van der Waals surface area contributed by atoms with Gasteiger partial charge in [0.1, 0.15) is 5.69 Å². The molecule has 0 spiro atoms. The first-order valence-electron chi connectivity index (χ1n) is 5.60. The first kappa shape index (κ1) is 14.1. The van der Waals surface area contributed by atoms with Crippen molar-refractivity contribution in [3.8, 4) is 0 Å². The number of carbonyl (C=O) groups is 2. The van der Waals surface area contributed by atoms with E-state index in [0.717, 1.165) is 0 Å². The molecule has 0 aliphatic heterocycles. The third-order valence-electron chi connectivity index (χ3n) is 2.36. The first-order valence-corrected chi connectivity index (χ1v) is 6.39. The highest BCUT2D eigenvalue weighted by Crippen LogP contribution is 2.12. The van der Waals surface area contributed by atoms with Crippen molar-refractivity contribution in [3.05, 3.63) is 40.4 Å². The van der Waals surface area contributed by atoms with Crippen LogP contribution in [0.25, 0.3) is 0 Å². The van der Waals surface area contributed by atoms with E-state index in [1.807, 2.05) is 0 Å². The van der Waals surface area contributed by atoms with Crippen LogP contribution in [0.2, 0.25) is 0 Å². The molecule has 2 aromatic heterocycles. The summed E-state index contributed by atoms with van der Waals surface area (Å²) in [5, 5.41) is 18.5. The van der Waals surface area contributed by atoms with Gasteiger partial charge in [0.15, 0.2) is 5.69 Å². The van der Waals surface area contributed by atoms with Gasteiger partial charge in [0.05, 0.1) is 12.7 Å². The number of carbonyl (C=O) groups excluding carboxylic acids is 1. The van der Waals surface area contributed by atoms with Gasteiger partial charge in [-0.2, -0.15) is 0 Å². The highest BCUT2D eigenvalue weighted by molar-refractivity contribution is 9.10. The molecular formula is C11H10BrN5O3. The number of nitrogens with zero attached hydrogens (tertiary/aromatic N) is 4. The fraction of sp³-hybridized carbons (Fsp3) is 0.182. The van der Waals surface area contributed by atoms with E-state index in [9.17, 15) is 9.59 Å². The highest BCUT2D eigenvalue weighted by Gasteiger charge is 2.11. The maximum Gasteiger partial charge on any atom is 0.358 e. The molecule has 0 atom stereocenters. The summed E-state index contributed by atoms with van der Waals surface area (Å²) in [7, 11) is 0. The minimum Gasteiger partial charge on any atom is -0.476 e. The largest absolute Gasteiger partial charge is 0.476 e. The number of halogens is 1. The van der Waals surface area contributed by atoms with Crippen LogP contribution in [0.4, 0.5) is 0 Å². The quantitative estimate of drug-likeness (QED) is 0.823. The second kappa shape index (κ2) is 6.24. The lowest BCUT2D eigenvalue weighted by atomic mass is 10.3. The van der Waals surface area contributed by atoms with E-state index in [1.165, 1.54) is 17.1 Å². The number of carboxylic acid groups (broad SMARTS) is 1. The summed E-state index contributed by atoms with van der Waals surface area (Å²) in [5.41, 5.74) is 0.154. The Hall–Kier alpha value is -2.29. The average Bonchev–Trinajstić information content (AvgIpc) is 2.88. The SMILES string of the molecule is O=C(O)c1cn(CCNC(=O)c2ncccc2Br)nn1. The fourth-order valence-corrected chi connectivity index (χ4v) is 1.86. The number of pyridine rings is 1. The van der Waals surface area contributed by atoms with Crippen molar-refractivity contribution in [2.75, 3.05) is 6.54 Å². The lowest BCUT2D eigenvalue weighted by Gasteiger charge is -2.05. The van der Waals surface area contributed by atoms with Crippen LogP contribution in [0, 0.1) is 0 Å². The monoisotopic (exact) mass is 339 g/mol. The molecule has 2 aromatic rings. The summed E-state index contributed by atoms with van der Waals surface area (Å²) in [4.78, 5) is 26.4. The zero-order valence-electron chi connectivity index (χ0n) is 10.2. The van der Waals surface area contributed by atoms with Crippen LogP contribution >= 0.6 is 15.9 Å². The number of rotatable bonds is 5. The van der Waals surface area contributed by atoms with E-state index in [-0.39, 0.29) is 23.8 Å². The summed E-state index contributed by atoms with van der Waals surface area (Å²) in [6.45, 7) is 0.598. The Morgan fingerprint density at radius 3 is 2.90 bits per heavy atom. The maximum absolute atomic E-state index is 11.8. The third kappa shape index (κ3) is 3.38. The number of nitrogens with one attached hydrogen (secondary N) is 1. The van der Waals surface area contributed by atoms with Crippen molar-refractivity contribution in [1.29, 1.82) is 0 Å². The molecule has 0 fully saturated rings. The highest BCUT2D eigenvalue weighted by atomic mass is 79.9. The molecule has 2 rings (SSSR count). The van der Waals surface area contributed by atoms with E-state index in [2.05, 4.69) is 36.5 Å². The van der Waals surface area contributed by atoms with Crippen molar-refractivity contribution < 1.29 is 14.7 Å². The van der Waals surface area contributed by atoms with Gasteiger partial charge in [-0.3, -0.25) is 4.79 Å². The topological polar surface area (TPSA) is 110 Å². The molecule has 20 heavy (non-hydrogen) atoms. The first-order chi connectivity index (χ1) is 9.58. The van der Waals surface area contributed by atoms with E-state index >= 15 is 0 Å². The van der Waals surface area contributed by atoms with Gasteiger partial charge < -0.3 is 10.4 Å². The van der Waals surface area contributed by atoms with E-state index in [0.29, 0.717) is 11.0 Å². The van der Waals surface area contributed by atoms with Crippen LogP contribution in [0.3, 0.4) is 0 Å². The fourth-order valence-electron chi connectivity index (χ4n) is 1.43. The molecule has 1 amide bonds. The number of aromatic carboxylic acids is 1. The molecule has 0 bridgehead atoms. The molecule has 2 heterocycles. The minimum absolute atomic E-state index is 0.135. The van der Waals surface area contributed by atoms with Crippen LogP contribution in [0.5, 0.6) is 0 Å². The van der Waals surface area contributed by atoms with Gasteiger partial charge in [0.2, 0.25) is 0 Å². The second-order valence-electron chi connectivity index (χ2n) is 3.76. The zero-order chi connectivity index (χ0) is 14.5. The number of hydrogen-bond donors (Lipinski definition) is 2. The van der Waals surface area contributed by atoms with Crippen LogP contribution in [0.15, 0.2) is 29.0 Å². The molecule has 104 valence electrons. The van der Waals surface area contributed by atoms with Gasteiger partial charge in [-0.15, -0.1) is 5.10 Å². The third-order valence-corrected chi connectivity index (χ3v) is 3.00. The van der Waals surface area contributed by atoms with Crippen molar-refractivity contribution in [2.24, 2.45) is 0 Å². The predicted octanol–water partition coefficient (Wildman–Crippen LogP) is 0.564. The Balaban J connectivity index is 1.88. The molecule has 9 heteroatoms. The maximum atomic E-state index is 11.8. The number of carboxylic acids is 1. The summed E-state index contributed by atoms with van der Waals surface area (Å²) < 4.78 is 1.95. The Morgan fingerprint density at radius 2 is 2.25 bits per heavy atom. The molecule has 0 aliphatic rings. The van der Waals surface area contributed by atoms with Gasteiger partial charge in [0.25, 0.3) is 5.91 Å². The molecule has 0 aliphatic carbocycles. The zero-order valence-corrected chi connectivity index (χ0v) is 11.7. The van der Waals surface area contributed by atoms with Crippen LogP contribution in [0.1, 0.15) is 21.0 Å². The van der Waals surface area contributed by atoms with Crippen molar-refractivity contribution in [1.82, 2.24) is 25.3 Å². The Kier molecular flexibility index (Phi) is 4.41. The van der Waals surface area contributed by atoms with Crippen LogP contribution < -0.4 is 5.32 Å². The summed E-state index contributed by atoms with van der Waals surface area (Å²) in [5.74, 6) is -1.46. The number of hydrogen-bond acceptors (Lipinski definition) is 5. The van der Waals surface area contributed by atoms with Crippen LogP contribution in [-0.2, 0) is 6.54 Å². The summed E-state index contributed by atoms with van der Waals surface area (Å²) >= 11 is 3.24. The normalized spacial score (nSPS) is 10.2. The molecule has 8 nitrogen and oxygen atoms in total. The number of amides is 1. The molecule has 0 unspecified atom stereocenters.